The number of nitrogens with one attached hydrogen (secondary N) is 2. The predicted octanol–water partition coefficient (Wildman–Crippen LogP) is 1.92. The number of rotatable bonds is 3. The number of amides is 1. The van der Waals surface area contributed by atoms with Crippen molar-refractivity contribution < 1.29 is 9.18 Å². The first-order valence-corrected chi connectivity index (χ1v) is 5.94. The van der Waals surface area contributed by atoms with Gasteiger partial charge in [-0.3, -0.25) is 4.79 Å². The molecule has 1 amide bonds. The topological polar surface area (TPSA) is 92.9 Å². The van der Waals surface area contributed by atoms with Crippen LogP contribution < -0.4 is 16.6 Å². The second-order valence-corrected chi connectivity index (χ2v) is 4.36. The number of carbonyl (C=O) groups is 1. The number of anilines is 2. The normalized spacial score (nSPS) is 10.1. The molecule has 0 saturated carbocycles. The molecule has 0 aliphatic carbocycles. The minimum absolute atomic E-state index is 0.121. The molecule has 0 aliphatic heterocycles. The molecule has 0 atom stereocenters. The Hall–Kier alpha value is -2.06. The molecule has 98 valence electrons. The first-order valence-electron chi connectivity index (χ1n) is 5.15. The summed E-state index contributed by atoms with van der Waals surface area (Å²) in [6, 6.07) is 3.94. The predicted molar refractivity (Wildman–Crippen MR) is 71.9 cm³/mol. The molecular formula is C11H9BrFN5O. The van der Waals surface area contributed by atoms with Crippen LogP contribution in [0, 0.1) is 5.82 Å². The highest BCUT2D eigenvalue weighted by Crippen LogP contribution is 2.23. The Morgan fingerprint density at radius 2 is 2.11 bits per heavy atom. The van der Waals surface area contributed by atoms with Gasteiger partial charge in [-0.15, -0.1) is 0 Å². The van der Waals surface area contributed by atoms with Gasteiger partial charge in [0.2, 0.25) is 0 Å². The molecule has 0 spiro atoms. The van der Waals surface area contributed by atoms with Gasteiger partial charge < -0.3 is 10.7 Å². The quantitative estimate of drug-likeness (QED) is 0.592. The van der Waals surface area contributed by atoms with E-state index < -0.39 is 11.7 Å². The van der Waals surface area contributed by atoms with Gasteiger partial charge in [0.05, 0.1) is 18.1 Å². The SMILES string of the molecule is NNc1cnc(C(=O)Nc2ccc(F)cc2Br)cn1. The molecule has 2 rings (SSSR count). The van der Waals surface area contributed by atoms with Crippen molar-refractivity contribution in [2.24, 2.45) is 5.84 Å². The Kier molecular flexibility index (Phi) is 4.03. The second-order valence-electron chi connectivity index (χ2n) is 3.51. The van der Waals surface area contributed by atoms with Crippen molar-refractivity contribution >= 4 is 33.3 Å². The fourth-order valence-corrected chi connectivity index (χ4v) is 1.75. The minimum Gasteiger partial charge on any atom is -0.320 e. The van der Waals surface area contributed by atoms with Crippen molar-refractivity contribution in [3.8, 4) is 0 Å². The number of hydrogen-bond acceptors (Lipinski definition) is 5. The van der Waals surface area contributed by atoms with Crippen LogP contribution in [0.15, 0.2) is 35.1 Å². The van der Waals surface area contributed by atoms with Crippen molar-refractivity contribution in [2.75, 3.05) is 10.7 Å². The number of hydrazine groups is 1. The van der Waals surface area contributed by atoms with Crippen LogP contribution >= 0.6 is 15.9 Å². The summed E-state index contributed by atoms with van der Waals surface area (Å²) in [4.78, 5) is 19.6. The van der Waals surface area contributed by atoms with E-state index in [4.69, 9.17) is 5.84 Å². The minimum atomic E-state index is -0.455. The zero-order valence-electron chi connectivity index (χ0n) is 9.52. The summed E-state index contributed by atoms with van der Waals surface area (Å²) in [5, 5.41) is 2.58. The molecule has 19 heavy (non-hydrogen) atoms. The molecule has 0 radical (unpaired) electrons. The van der Waals surface area contributed by atoms with Crippen molar-refractivity contribution in [3.63, 3.8) is 0 Å². The summed E-state index contributed by atoms with van der Waals surface area (Å²) >= 11 is 3.15. The Labute approximate surface area is 116 Å². The highest BCUT2D eigenvalue weighted by atomic mass is 79.9. The molecule has 1 aromatic heterocycles. The lowest BCUT2D eigenvalue weighted by Gasteiger charge is -2.07. The van der Waals surface area contributed by atoms with Gasteiger partial charge in [0.15, 0.2) is 5.82 Å². The van der Waals surface area contributed by atoms with Crippen molar-refractivity contribution in [1.29, 1.82) is 0 Å². The Morgan fingerprint density at radius 1 is 1.32 bits per heavy atom. The first-order chi connectivity index (χ1) is 9.10. The van der Waals surface area contributed by atoms with E-state index in [1.807, 2.05) is 0 Å². The fourth-order valence-electron chi connectivity index (χ4n) is 1.30. The van der Waals surface area contributed by atoms with Crippen LogP contribution in [0.3, 0.4) is 0 Å². The molecule has 0 saturated heterocycles. The molecule has 4 N–H and O–H groups in total. The third-order valence-corrected chi connectivity index (χ3v) is 2.87. The summed E-state index contributed by atoms with van der Waals surface area (Å²) in [6.45, 7) is 0. The molecule has 1 aromatic carbocycles. The van der Waals surface area contributed by atoms with Crippen LogP contribution in [0.1, 0.15) is 10.5 Å². The number of halogens is 2. The standard InChI is InChI=1S/C11H9BrFN5O/c12-7-3-6(13)1-2-8(7)17-11(19)9-4-16-10(18-14)5-15-9/h1-5H,14H2,(H,16,18)(H,17,19). The number of benzene rings is 1. The Bertz CT molecular complexity index is 605. The van der Waals surface area contributed by atoms with E-state index in [2.05, 4.69) is 36.6 Å². The molecule has 0 aliphatic rings. The summed E-state index contributed by atoms with van der Waals surface area (Å²) in [7, 11) is 0. The lowest BCUT2D eigenvalue weighted by atomic mass is 10.3. The van der Waals surface area contributed by atoms with E-state index >= 15 is 0 Å². The van der Waals surface area contributed by atoms with Gasteiger partial charge in [-0.2, -0.15) is 0 Å². The van der Waals surface area contributed by atoms with Crippen molar-refractivity contribution in [1.82, 2.24) is 9.97 Å². The van der Waals surface area contributed by atoms with E-state index in [0.717, 1.165) is 0 Å². The number of aromatic nitrogens is 2. The molecule has 6 nitrogen and oxygen atoms in total. The number of nitrogen functional groups attached to an aromatic ring is 1. The van der Waals surface area contributed by atoms with Gasteiger partial charge in [0, 0.05) is 4.47 Å². The van der Waals surface area contributed by atoms with Crippen LogP contribution in [-0.4, -0.2) is 15.9 Å². The van der Waals surface area contributed by atoms with Crippen LogP contribution in [-0.2, 0) is 0 Å². The van der Waals surface area contributed by atoms with E-state index in [1.54, 1.807) is 0 Å². The monoisotopic (exact) mass is 325 g/mol. The average Bonchev–Trinajstić information content (AvgIpc) is 2.42. The maximum Gasteiger partial charge on any atom is 0.275 e. The highest BCUT2D eigenvalue weighted by Gasteiger charge is 2.10. The van der Waals surface area contributed by atoms with Gasteiger partial charge in [-0.1, -0.05) is 0 Å². The molecule has 1 heterocycles. The number of hydrogen-bond donors (Lipinski definition) is 3. The van der Waals surface area contributed by atoms with Gasteiger partial charge >= 0.3 is 0 Å². The van der Waals surface area contributed by atoms with Gasteiger partial charge in [0.1, 0.15) is 11.5 Å². The maximum absolute atomic E-state index is 12.9. The van der Waals surface area contributed by atoms with Gasteiger partial charge in [-0.25, -0.2) is 20.2 Å². The third-order valence-electron chi connectivity index (χ3n) is 2.21. The summed E-state index contributed by atoms with van der Waals surface area (Å²) in [5.41, 5.74) is 2.86. The van der Waals surface area contributed by atoms with Crippen molar-refractivity contribution in [3.05, 3.63) is 46.6 Å². The van der Waals surface area contributed by atoms with Crippen LogP contribution in [0.2, 0.25) is 0 Å². The van der Waals surface area contributed by atoms with Crippen LogP contribution in [0.5, 0.6) is 0 Å². The van der Waals surface area contributed by atoms with Gasteiger partial charge in [-0.05, 0) is 34.1 Å². The van der Waals surface area contributed by atoms with Gasteiger partial charge in [0.25, 0.3) is 5.91 Å². The highest BCUT2D eigenvalue weighted by molar-refractivity contribution is 9.10. The lowest BCUT2D eigenvalue weighted by Crippen LogP contribution is -2.16. The summed E-state index contributed by atoms with van der Waals surface area (Å²) in [6.07, 6.45) is 2.61. The second kappa shape index (κ2) is 5.72. The fraction of sp³-hybridized carbons (Fsp3) is 0. The molecule has 0 fully saturated rings. The molecule has 0 unspecified atom stereocenters. The average molecular weight is 326 g/mol. The number of nitrogens with zero attached hydrogens (tertiary/aromatic N) is 2. The zero-order chi connectivity index (χ0) is 13.8. The van der Waals surface area contributed by atoms with Crippen LogP contribution in [0.25, 0.3) is 0 Å². The largest absolute Gasteiger partial charge is 0.320 e. The third kappa shape index (κ3) is 3.24. The number of carbonyl (C=O) groups excluding carboxylic acids is 1. The molecule has 0 bridgehead atoms. The Balaban J connectivity index is 2.15. The van der Waals surface area contributed by atoms with E-state index in [0.29, 0.717) is 16.0 Å². The smallest absolute Gasteiger partial charge is 0.275 e. The Morgan fingerprint density at radius 3 is 2.68 bits per heavy atom. The maximum atomic E-state index is 12.9. The summed E-state index contributed by atoms with van der Waals surface area (Å²) in [5.74, 6) is 4.63. The van der Waals surface area contributed by atoms with E-state index in [-0.39, 0.29) is 5.69 Å². The van der Waals surface area contributed by atoms with E-state index in [9.17, 15) is 9.18 Å². The van der Waals surface area contributed by atoms with Crippen LogP contribution in [0.4, 0.5) is 15.9 Å². The first kappa shape index (κ1) is 13.4. The van der Waals surface area contributed by atoms with E-state index in [1.165, 1.54) is 30.6 Å². The van der Waals surface area contributed by atoms with Crippen molar-refractivity contribution in [2.45, 2.75) is 0 Å². The lowest BCUT2D eigenvalue weighted by molar-refractivity contribution is 0.102. The molecule has 2 aromatic rings. The molecular weight excluding hydrogens is 317 g/mol. The molecule has 8 heteroatoms. The summed E-state index contributed by atoms with van der Waals surface area (Å²) < 4.78 is 13.3. The number of nitrogens with two attached hydrogens (primary N) is 1. The zero-order valence-corrected chi connectivity index (χ0v) is 11.1.